The van der Waals surface area contributed by atoms with Crippen molar-refractivity contribution in [2.45, 2.75) is 6.54 Å². The van der Waals surface area contributed by atoms with Crippen LogP contribution in [0.3, 0.4) is 0 Å². The standard InChI is InChI=1S/C17H20ClN3O/c1-22-16-4-2-3-15(11-16)21-9-7-20(8-10-21)13-14-5-6-17(18)19-12-14/h2-6,11-12H,7-10,13H2,1H3. The molecule has 0 atom stereocenters. The van der Waals surface area contributed by atoms with Gasteiger partial charge >= 0.3 is 0 Å². The molecule has 0 aliphatic carbocycles. The SMILES string of the molecule is COc1cccc(N2CCN(Cc3ccc(Cl)nc3)CC2)c1. The Morgan fingerprint density at radius 1 is 1.14 bits per heavy atom. The van der Waals surface area contributed by atoms with Gasteiger partial charge in [0.05, 0.1) is 7.11 Å². The summed E-state index contributed by atoms with van der Waals surface area (Å²) in [5, 5.41) is 0.548. The minimum atomic E-state index is 0.548. The average molecular weight is 318 g/mol. The van der Waals surface area contributed by atoms with Crippen LogP contribution in [-0.2, 0) is 6.54 Å². The lowest BCUT2D eigenvalue weighted by Crippen LogP contribution is -2.45. The molecule has 1 saturated heterocycles. The largest absolute Gasteiger partial charge is 0.497 e. The van der Waals surface area contributed by atoms with Gasteiger partial charge in [-0.25, -0.2) is 4.98 Å². The van der Waals surface area contributed by atoms with E-state index in [0.717, 1.165) is 38.5 Å². The summed E-state index contributed by atoms with van der Waals surface area (Å²) in [5.74, 6) is 0.909. The van der Waals surface area contributed by atoms with E-state index < -0.39 is 0 Å². The molecule has 1 aliphatic heterocycles. The van der Waals surface area contributed by atoms with Crippen LogP contribution >= 0.6 is 11.6 Å². The van der Waals surface area contributed by atoms with E-state index in [2.05, 4.69) is 26.9 Å². The second-order valence-electron chi connectivity index (χ2n) is 5.45. The van der Waals surface area contributed by atoms with Crippen molar-refractivity contribution in [3.05, 3.63) is 53.3 Å². The quantitative estimate of drug-likeness (QED) is 0.810. The van der Waals surface area contributed by atoms with Crippen LogP contribution < -0.4 is 9.64 Å². The Labute approximate surface area is 136 Å². The first kappa shape index (κ1) is 15.1. The second kappa shape index (κ2) is 6.99. The van der Waals surface area contributed by atoms with Gasteiger partial charge in [0.1, 0.15) is 10.9 Å². The summed E-state index contributed by atoms with van der Waals surface area (Å²) < 4.78 is 5.30. The highest BCUT2D eigenvalue weighted by Gasteiger charge is 2.17. The second-order valence-corrected chi connectivity index (χ2v) is 5.84. The molecule has 2 aromatic rings. The van der Waals surface area contributed by atoms with Crippen LogP contribution in [-0.4, -0.2) is 43.2 Å². The van der Waals surface area contributed by atoms with E-state index >= 15 is 0 Å². The van der Waals surface area contributed by atoms with Gasteiger partial charge in [-0.3, -0.25) is 4.90 Å². The number of nitrogens with zero attached hydrogens (tertiary/aromatic N) is 3. The summed E-state index contributed by atoms with van der Waals surface area (Å²) in [5.41, 5.74) is 2.44. The normalized spacial score (nSPS) is 15.8. The van der Waals surface area contributed by atoms with Crippen LogP contribution in [0, 0.1) is 0 Å². The van der Waals surface area contributed by atoms with Crippen molar-refractivity contribution in [3.63, 3.8) is 0 Å². The van der Waals surface area contributed by atoms with Crippen molar-refractivity contribution in [2.24, 2.45) is 0 Å². The molecule has 1 aromatic carbocycles. The fourth-order valence-corrected chi connectivity index (χ4v) is 2.84. The number of anilines is 1. The third-order valence-corrected chi connectivity index (χ3v) is 4.21. The Morgan fingerprint density at radius 3 is 2.64 bits per heavy atom. The summed E-state index contributed by atoms with van der Waals surface area (Å²) in [6, 6.07) is 12.2. The van der Waals surface area contributed by atoms with E-state index in [9.17, 15) is 0 Å². The zero-order chi connectivity index (χ0) is 15.4. The summed E-state index contributed by atoms with van der Waals surface area (Å²) in [6.07, 6.45) is 1.86. The molecule has 116 valence electrons. The molecule has 0 saturated carbocycles. The number of piperazine rings is 1. The van der Waals surface area contributed by atoms with Crippen molar-refractivity contribution < 1.29 is 4.74 Å². The highest BCUT2D eigenvalue weighted by molar-refractivity contribution is 6.29. The fraction of sp³-hybridized carbons (Fsp3) is 0.353. The summed E-state index contributed by atoms with van der Waals surface area (Å²) >= 11 is 5.82. The summed E-state index contributed by atoms with van der Waals surface area (Å²) in [4.78, 5) is 8.99. The number of benzene rings is 1. The minimum absolute atomic E-state index is 0.548. The first-order valence-corrected chi connectivity index (χ1v) is 7.84. The first-order chi connectivity index (χ1) is 10.7. The van der Waals surface area contributed by atoms with Crippen LogP contribution in [0.1, 0.15) is 5.56 Å². The lowest BCUT2D eigenvalue weighted by atomic mass is 10.2. The first-order valence-electron chi connectivity index (χ1n) is 7.46. The number of hydrogen-bond donors (Lipinski definition) is 0. The number of methoxy groups -OCH3 is 1. The maximum absolute atomic E-state index is 5.82. The number of pyridine rings is 1. The van der Waals surface area contributed by atoms with Gasteiger partial charge in [0, 0.05) is 50.7 Å². The Morgan fingerprint density at radius 2 is 1.95 bits per heavy atom. The molecule has 0 amide bonds. The molecule has 22 heavy (non-hydrogen) atoms. The molecular formula is C17H20ClN3O. The maximum Gasteiger partial charge on any atom is 0.129 e. The van der Waals surface area contributed by atoms with Crippen molar-refractivity contribution in [3.8, 4) is 5.75 Å². The van der Waals surface area contributed by atoms with Gasteiger partial charge in [0.25, 0.3) is 0 Å². The molecule has 5 heteroatoms. The van der Waals surface area contributed by atoms with Crippen LogP contribution in [0.5, 0.6) is 5.75 Å². The van der Waals surface area contributed by atoms with Gasteiger partial charge < -0.3 is 9.64 Å². The highest BCUT2D eigenvalue weighted by Crippen LogP contribution is 2.22. The molecule has 0 bridgehead atoms. The van der Waals surface area contributed by atoms with Crippen molar-refractivity contribution in [1.82, 2.24) is 9.88 Å². The number of aromatic nitrogens is 1. The monoisotopic (exact) mass is 317 g/mol. The molecule has 2 heterocycles. The summed E-state index contributed by atoms with van der Waals surface area (Å²) in [6.45, 7) is 5.05. The fourth-order valence-electron chi connectivity index (χ4n) is 2.73. The molecule has 0 N–H and O–H groups in total. The number of rotatable bonds is 4. The van der Waals surface area contributed by atoms with Gasteiger partial charge in [-0.05, 0) is 23.8 Å². The molecule has 1 fully saturated rings. The topological polar surface area (TPSA) is 28.6 Å². The molecule has 1 aliphatic rings. The van der Waals surface area contributed by atoms with Crippen molar-refractivity contribution >= 4 is 17.3 Å². The Bertz CT molecular complexity index is 610. The number of ether oxygens (including phenoxy) is 1. The van der Waals surface area contributed by atoms with E-state index in [0.29, 0.717) is 5.15 Å². The number of halogens is 1. The third-order valence-electron chi connectivity index (χ3n) is 3.99. The minimum Gasteiger partial charge on any atom is -0.497 e. The Balaban J connectivity index is 1.56. The van der Waals surface area contributed by atoms with E-state index in [-0.39, 0.29) is 0 Å². The van der Waals surface area contributed by atoms with E-state index in [1.807, 2.05) is 30.5 Å². The van der Waals surface area contributed by atoms with Crippen LogP contribution in [0.4, 0.5) is 5.69 Å². The Kier molecular flexibility index (Phi) is 4.80. The highest BCUT2D eigenvalue weighted by atomic mass is 35.5. The molecule has 0 unspecified atom stereocenters. The molecule has 0 spiro atoms. The van der Waals surface area contributed by atoms with E-state index in [1.54, 1.807) is 7.11 Å². The summed E-state index contributed by atoms with van der Waals surface area (Å²) in [7, 11) is 1.71. The molecule has 3 rings (SSSR count). The molecule has 0 radical (unpaired) electrons. The number of hydrogen-bond acceptors (Lipinski definition) is 4. The third kappa shape index (κ3) is 3.70. The van der Waals surface area contributed by atoms with Gasteiger partial charge in [-0.2, -0.15) is 0 Å². The zero-order valence-electron chi connectivity index (χ0n) is 12.7. The van der Waals surface area contributed by atoms with Gasteiger partial charge in [0.2, 0.25) is 0 Å². The molecular weight excluding hydrogens is 298 g/mol. The van der Waals surface area contributed by atoms with E-state index in [4.69, 9.17) is 16.3 Å². The van der Waals surface area contributed by atoms with Crippen LogP contribution in [0.2, 0.25) is 5.15 Å². The lowest BCUT2D eigenvalue weighted by molar-refractivity contribution is 0.249. The Hall–Kier alpha value is -1.78. The maximum atomic E-state index is 5.82. The van der Waals surface area contributed by atoms with Crippen LogP contribution in [0.25, 0.3) is 0 Å². The van der Waals surface area contributed by atoms with Gasteiger partial charge in [0.15, 0.2) is 0 Å². The predicted molar refractivity (Wildman–Crippen MR) is 89.7 cm³/mol. The molecule has 4 nitrogen and oxygen atoms in total. The smallest absolute Gasteiger partial charge is 0.129 e. The van der Waals surface area contributed by atoms with Gasteiger partial charge in [-0.15, -0.1) is 0 Å². The van der Waals surface area contributed by atoms with E-state index in [1.165, 1.54) is 11.3 Å². The van der Waals surface area contributed by atoms with Crippen molar-refractivity contribution in [2.75, 3.05) is 38.2 Å². The van der Waals surface area contributed by atoms with Gasteiger partial charge in [-0.1, -0.05) is 23.7 Å². The zero-order valence-corrected chi connectivity index (χ0v) is 13.5. The average Bonchev–Trinajstić information content (AvgIpc) is 2.58. The predicted octanol–water partition coefficient (Wildman–Crippen LogP) is 3.07. The van der Waals surface area contributed by atoms with Crippen molar-refractivity contribution in [1.29, 1.82) is 0 Å². The van der Waals surface area contributed by atoms with Crippen LogP contribution in [0.15, 0.2) is 42.6 Å². The molecule has 1 aromatic heterocycles. The lowest BCUT2D eigenvalue weighted by Gasteiger charge is -2.36.